The fourth-order valence-corrected chi connectivity index (χ4v) is 3.85. The summed E-state index contributed by atoms with van der Waals surface area (Å²) in [5.74, 6) is -0.390. The maximum Gasteiger partial charge on any atom is 0.416 e. The summed E-state index contributed by atoms with van der Waals surface area (Å²) in [6.45, 7) is 6.94. The lowest BCUT2D eigenvalue weighted by Gasteiger charge is -2.11. The number of halogens is 3. The molecule has 0 fully saturated rings. The van der Waals surface area contributed by atoms with Crippen LogP contribution in [-0.4, -0.2) is 35.6 Å². The maximum absolute atomic E-state index is 12.7. The summed E-state index contributed by atoms with van der Waals surface area (Å²) >= 11 is 1.36. The lowest BCUT2D eigenvalue weighted by Crippen LogP contribution is -2.14. The molecule has 1 heterocycles. The lowest BCUT2D eigenvalue weighted by atomic mass is 10.0. The van der Waals surface area contributed by atoms with Crippen LogP contribution in [0.25, 0.3) is 0 Å². The first-order valence-electron chi connectivity index (χ1n) is 10.1. The Kier molecular flexibility index (Phi) is 7.13. The Labute approximate surface area is 189 Å². The van der Waals surface area contributed by atoms with Crippen LogP contribution in [0.1, 0.15) is 50.2 Å². The van der Waals surface area contributed by atoms with Gasteiger partial charge in [-0.05, 0) is 55.7 Å². The zero-order chi connectivity index (χ0) is 23.5. The molecule has 0 aliphatic carbocycles. The second-order valence-electron chi connectivity index (χ2n) is 7.59. The average Bonchev–Trinajstić information content (AvgIpc) is 3.22. The minimum atomic E-state index is -4.43. The van der Waals surface area contributed by atoms with Crippen molar-refractivity contribution in [3.8, 4) is 0 Å². The van der Waals surface area contributed by atoms with Gasteiger partial charge in [-0.2, -0.15) is 13.2 Å². The molecule has 8 heteroatoms. The van der Waals surface area contributed by atoms with Gasteiger partial charge in [0.2, 0.25) is 5.78 Å². The molecular weight excluding hydrogens is 435 g/mol. The number of aromatic nitrogens is 1. The van der Waals surface area contributed by atoms with Gasteiger partial charge in [-0.3, -0.25) is 4.79 Å². The van der Waals surface area contributed by atoms with Gasteiger partial charge >= 0.3 is 6.18 Å². The Balaban J connectivity index is 1.75. The predicted molar refractivity (Wildman–Crippen MR) is 122 cm³/mol. The number of hydrogen-bond acceptors (Lipinski definition) is 4. The topological polar surface area (TPSA) is 45.6 Å². The van der Waals surface area contributed by atoms with Crippen molar-refractivity contribution in [2.24, 2.45) is 4.99 Å². The zero-order valence-corrected chi connectivity index (χ0v) is 19.1. The second-order valence-corrected chi connectivity index (χ2v) is 8.53. The van der Waals surface area contributed by atoms with Crippen molar-refractivity contribution in [2.45, 2.75) is 33.4 Å². The number of thiazole rings is 1. The minimum Gasteiger partial charge on any atom is -0.366 e. The molecule has 2 aromatic carbocycles. The highest BCUT2D eigenvalue weighted by molar-refractivity contribution is 7.09. The molecular formula is C24H24F3N3OS. The average molecular weight is 460 g/mol. The van der Waals surface area contributed by atoms with Gasteiger partial charge < -0.3 is 4.90 Å². The van der Waals surface area contributed by atoms with Crippen LogP contribution in [0.5, 0.6) is 0 Å². The molecule has 168 valence electrons. The van der Waals surface area contributed by atoms with Crippen molar-refractivity contribution in [2.75, 3.05) is 13.6 Å². The first kappa shape index (κ1) is 23.7. The number of nitrogens with zero attached hydrogens (tertiary/aromatic N) is 3. The number of aliphatic imine (C=N–C) groups is 1. The monoisotopic (exact) mass is 459 g/mol. The first-order valence-corrected chi connectivity index (χ1v) is 11.0. The molecule has 0 unspecified atom stereocenters. The van der Waals surface area contributed by atoms with E-state index in [0.717, 1.165) is 46.1 Å². The number of hydrogen-bond donors (Lipinski definition) is 0. The molecule has 1 aromatic heterocycles. The Morgan fingerprint density at radius 2 is 1.84 bits per heavy atom. The Morgan fingerprint density at radius 3 is 2.47 bits per heavy atom. The summed E-state index contributed by atoms with van der Waals surface area (Å²) in [5.41, 5.74) is 3.76. The van der Waals surface area contributed by atoms with E-state index in [4.69, 9.17) is 0 Å². The van der Waals surface area contributed by atoms with Crippen LogP contribution in [0.15, 0.2) is 46.8 Å². The molecule has 4 nitrogen and oxygen atoms in total. The number of carbonyl (C=O) groups is 1. The van der Waals surface area contributed by atoms with E-state index in [2.05, 4.69) is 23.0 Å². The summed E-state index contributed by atoms with van der Waals surface area (Å²) in [6, 6.07) is 8.31. The Morgan fingerprint density at radius 1 is 1.16 bits per heavy atom. The van der Waals surface area contributed by atoms with Gasteiger partial charge in [-0.25, -0.2) is 9.98 Å². The highest BCUT2D eigenvalue weighted by Crippen LogP contribution is 2.30. The van der Waals surface area contributed by atoms with E-state index in [9.17, 15) is 18.0 Å². The maximum atomic E-state index is 12.7. The molecule has 0 aliphatic heterocycles. The molecule has 0 amide bonds. The van der Waals surface area contributed by atoms with Crippen LogP contribution in [-0.2, 0) is 12.6 Å². The third-order valence-electron chi connectivity index (χ3n) is 5.15. The van der Waals surface area contributed by atoms with E-state index >= 15 is 0 Å². The van der Waals surface area contributed by atoms with Crippen molar-refractivity contribution in [3.05, 3.63) is 80.3 Å². The van der Waals surface area contributed by atoms with Gasteiger partial charge in [0.05, 0.1) is 22.6 Å². The largest absolute Gasteiger partial charge is 0.416 e. The highest BCUT2D eigenvalue weighted by atomic mass is 32.1. The molecule has 32 heavy (non-hydrogen) atoms. The van der Waals surface area contributed by atoms with Gasteiger partial charge in [0.1, 0.15) is 5.69 Å². The summed E-state index contributed by atoms with van der Waals surface area (Å²) in [7, 11) is 1.96. The molecule has 3 rings (SSSR count). The third-order valence-corrected chi connectivity index (χ3v) is 6.00. The number of carbonyl (C=O) groups excluding carboxylic acids is 1. The zero-order valence-electron chi connectivity index (χ0n) is 18.3. The van der Waals surface area contributed by atoms with Crippen molar-refractivity contribution in [1.29, 1.82) is 0 Å². The number of benzene rings is 2. The van der Waals surface area contributed by atoms with Crippen molar-refractivity contribution >= 4 is 29.1 Å². The van der Waals surface area contributed by atoms with Gasteiger partial charge in [0, 0.05) is 31.0 Å². The molecule has 3 aromatic rings. The van der Waals surface area contributed by atoms with Crippen LogP contribution in [0, 0.1) is 13.8 Å². The SMILES string of the molecule is CCN(C)C=Nc1cc(C)c(Cc2nc(C(=O)c3ccc(C(F)(F)F)cc3)cs2)cc1C. The molecule has 0 saturated heterocycles. The van der Waals surface area contributed by atoms with Gasteiger partial charge in [0.25, 0.3) is 0 Å². The normalized spacial score (nSPS) is 11.8. The van der Waals surface area contributed by atoms with Crippen LogP contribution < -0.4 is 0 Å². The van der Waals surface area contributed by atoms with Crippen molar-refractivity contribution in [1.82, 2.24) is 9.88 Å². The van der Waals surface area contributed by atoms with Crippen LogP contribution >= 0.6 is 11.3 Å². The number of aryl methyl sites for hydroxylation is 2. The molecule has 0 atom stereocenters. The van der Waals surface area contributed by atoms with E-state index < -0.39 is 11.7 Å². The first-order chi connectivity index (χ1) is 15.1. The number of ketones is 1. The van der Waals surface area contributed by atoms with Crippen LogP contribution in [0.3, 0.4) is 0 Å². The van der Waals surface area contributed by atoms with E-state index in [1.807, 2.05) is 31.9 Å². The van der Waals surface area contributed by atoms with Gasteiger partial charge in [0.15, 0.2) is 0 Å². The molecule has 0 spiro atoms. The smallest absolute Gasteiger partial charge is 0.366 e. The lowest BCUT2D eigenvalue weighted by molar-refractivity contribution is -0.137. The summed E-state index contributed by atoms with van der Waals surface area (Å²) in [4.78, 5) is 23.6. The van der Waals surface area contributed by atoms with Gasteiger partial charge in [-0.15, -0.1) is 11.3 Å². The standard InChI is InChI=1S/C24H24F3N3OS/c1-5-30(4)14-28-20-11-15(2)18(10-16(20)3)12-22-29-21(13-32-22)23(31)17-6-8-19(9-7-17)24(25,26)27/h6-11,13-14H,5,12H2,1-4H3. The fraction of sp³-hybridized carbons (Fsp3) is 0.292. The van der Waals surface area contributed by atoms with Crippen LogP contribution in [0.4, 0.5) is 18.9 Å². The number of rotatable bonds is 7. The van der Waals surface area contributed by atoms with E-state index in [1.165, 1.54) is 23.5 Å². The Bertz CT molecular complexity index is 1130. The summed E-state index contributed by atoms with van der Waals surface area (Å²) < 4.78 is 38.2. The predicted octanol–water partition coefficient (Wildman–Crippen LogP) is 6.21. The second kappa shape index (κ2) is 9.65. The molecule has 0 aliphatic rings. The molecule has 0 N–H and O–H groups in total. The Hall–Kier alpha value is -3.00. The van der Waals surface area contributed by atoms with E-state index in [0.29, 0.717) is 6.42 Å². The van der Waals surface area contributed by atoms with Crippen LogP contribution in [0.2, 0.25) is 0 Å². The summed E-state index contributed by atoms with van der Waals surface area (Å²) in [5, 5.41) is 2.42. The quantitative estimate of drug-likeness (QED) is 0.240. The van der Waals surface area contributed by atoms with E-state index in [1.54, 1.807) is 11.7 Å². The van der Waals surface area contributed by atoms with Crippen molar-refractivity contribution in [3.63, 3.8) is 0 Å². The molecule has 0 bridgehead atoms. The minimum absolute atomic E-state index is 0.182. The summed E-state index contributed by atoms with van der Waals surface area (Å²) in [6.07, 6.45) is -2.06. The fourth-order valence-electron chi connectivity index (χ4n) is 3.05. The third kappa shape index (κ3) is 5.62. The highest BCUT2D eigenvalue weighted by Gasteiger charge is 2.30. The van der Waals surface area contributed by atoms with Gasteiger partial charge in [-0.1, -0.05) is 18.2 Å². The van der Waals surface area contributed by atoms with E-state index in [-0.39, 0.29) is 17.0 Å². The van der Waals surface area contributed by atoms with Crippen molar-refractivity contribution < 1.29 is 18.0 Å². The number of alkyl halides is 3. The molecule has 0 saturated carbocycles. The molecule has 0 radical (unpaired) electrons.